The average Bonchev–Trinajstić information content (AvgIpc) is 3.23. The molecule has 0 radical (unpaired) electrons. The zero-order valence-corrected chi connectivity index (χ0v) is 15.4. The van der Waals surface area contributed by atoms with Crippen molar-refractivity contribution in [1.82, 2.24) is 14.7 Å². The van der Waals surface area contributed by atoms with Crippen LogP contribution in [0.5, 0.6) is 5.75 Å². The van der Waals surface area contributed by atoms with Crippen molar-refractivity contribution in [1.29, 1.82) is 0 Å². The third-order valence-corrected chi connectivity index (χ3v) is 5.81. The van der Waals surface area contributed by atoms with Gasteiger partial charge in [-0.3, -0.25) is 14.6 Å². The number of ether oxygens (including phenoxy) is 1. The highest BCUT2D eigenvalue weighted by molar-refractivity contribution is 6.04. The van der Waals surface area contributed by atoms with Crippen LogP contribution in [0.2, 0.25) is 0 Å². The third kappa shape index (κ3) is 3.18. The summed E-state index contributed by atoms with van der Waals surface area (Å²) in [6, 6.07) is 7.96. The molecule has 6 heteroatoms. The van der Waals surface area contributed by atoms with Crippen LogP contribution < -0.4 is 4.74 Å². The summed E-state index contributed by atoms with van der Waals surface area (Å²) < 4.78 is 6.11. The molecule has 0 saturated carbocycles. The maximum Gasteiger partial charge on any atom is 0.327 e. The van der Waals surface area contributed by atoms with Crippen molar-refractivity contribution >= 4 is 11.9 Å². The highest BCUT2D eigenvalue weighted by Crippen LogP contribution is 2.29. The van der Waals surface area contributed by atoms with Gasteiger partial charge >= 0.3 is 6.03 Å². The quantitative estimate of drug-likeness (QED) is 0.580. The maximum atomic E-state index is 12.3. The van der Waals surface area contributed by atoms with E-state index >= 15 is 0 Å². The summed E-state index contributed by atoms with van der Waals surface area (Å²) in [6.45, 7) is 2.16. The van der Waals surface area contributed by atoms with E-state index in [2.05, 4.69) is 24.1 Å². The molecule has 3 amide bonds. The largest absolute Gasteiger partial charge is 0.475 e. The number of benzene rings is 1. The average molecular weight is 357 g/mol. The second-order valence-electron chi connectivity index (χ2n) is 7.53. The van der Waals surface area contributed by atoms with E-state index < -0.39 is 0 Å². The van der Waals surface area contributed by atoms with E-state index in [0.29, 0.717) is 6.54 Å². The van der Waals surface area contributed by atoms with Crippen LogP contribution in [0.25, 0.3) is 0 Å². The molecule has 1 aromatic carbocycles. The van der Waals surface area contributed by atoms with Crippen LogP contribution in [0.15, 0.2) is 24.3 Å². The molecule has 6 nitrogen and oxygen atoms in total. The van der Waals surface area contributed by atoms with E-state index in [1.54, 1.807) is 4.90 Å². The number of carbonyl (C=O) groups excluding carboxylic acids is 2. The number of hydrogen-bond acceptors (Lipinski definition) is 4. The Morgan fingerprint density at radius 1 is 1.19 bits per heavy atom. The zero-order chi connectivity index (χ0) is 18.1. The van der Waals surface area contributed by atoms with Gasteiger partial charge in [0.1, 0.15) is 11.8 Å². The number of nitrogens with zero attached hydrogens (tertiary/aromatic N) is 3. The predicted octanol–water partition coefficient (Wildman–Crippen LogP) is 2.48. The highest BCUT2D eigenvalue weighted by atomic mass is 16.5. The third-order valence-electron chi connectivity index (χ3n) is 5.81. The smallest absolute Gasteiger partial charge is 0.327 e. The summed E-state index contributed by atoms with van der Waals surface area (Å²) >= 11 is 0. The van der Waals surface area contributed by atoms with Gasteiger partial charge in [0.15, 0.2) is 6.23 Å². The fourth-order valence-electron chi connectivity index (χ4n) is 4.28. The van der Waals surface area contributed by atoms with Crippen LogP contribution in [0.3, 0.4) is 0 Å². The van der Waals surface area contributed by atoms with Gasteiger partial charge in [0.05, 0.1) is 0 Å². The minimum absolute atomic E-state index is 0.00748. The monoisotopic (exact) mass is 357 g/mol. The van der Waals surface area contributed by atoms with Gasteiger partial charge in [0.25, 0.3) is 5.91 Å². The second kappa shape index (κ2) is 7.27. The lowest BCUT2D eigenvalue weighted by atomic mass is 10.0. The number of para-hydroxylation sites is 1. The summed E-state index contributed by atoms with van der Waals surface area (Å²) in [5.74, 6) is 0.998. The Balaban J connectivity index is 1.22. The molecule has 4 rings (SSSR count). The molecule has 0 N–H and O–H groups in total. The summed E-state index contributed by atoms with van der Waals surface area (Å²) in [5, 5.41) is 0. The number of fused-ring (bicyclic) bond motifs is 2. The van der Waals surface area contributed by atoms with Crippen LogP contribution in [-0.4, -0.2) is 65.6 Å². The molecule has 2 saturated heterocycles. The van der Waals surface area contributed by atoms with E-state index in [1.165, 1.54) is 10.5 Å². The molecule has 2 atom stereocenters. The van der Waals surface area contributed by atoms with Crippen LogP contribution >= 0.6 is 0 Å². The lowest BCUT2D eigenvalue weighted by Crippen LogP contribution is -2.40. The number of hydrogen-bond donors (Lipinski definition) is 0. The molecule has 0 spiro atoms. The number of carbonyl (C=O) groups is 2. The fraction of sp³-hybridized carbons (Fsp3) is 0.600. The van der Waals surface area contributed by atoms with Crippen molar-refractivity contribution in [2.45, 2.75) is 50.8 Å². The molecular formula is C20H27N3O3. The van der Waals surface area contributed by atoms with Crippen LogP contribution in [0.4, 0.5) is 4.79 Å². The Morgan fingerprint density at radius 3 is 2.88 bits per heavy atom. The topological polar surface area (TPSA) is 53.1 Å². The Bertz CT molecular complexity index is 671. The molecular weight excluding hydrogens is 330 g/mol. The van der Waals surface area contributed by atoms with Gasteiger partial charge < -0.3 is 9.64 Å². The van der Waals surface area contributed by atoms with E-state index in [-0.39, 0.29) is 24.2 Å². The number of rotatable bonds is 6. The van der Waals surface area contributed by atoms with Crippen molar-refractivity contribution in [3.63, 3.8) is 0 Å². The molecule has 3 aliphatic rings. The SMILES string of the molecule is CN(CCCCN1C(=O)C2CCCN2C1=O)C1CCc2ccccc2O1. The fourth-order valence-corrected chi connectivity index (χ4v) is 4.28. The maximum absolute atomic E-state index is 12.3. The van der Waals surface area contributed by atoms with Crippen LogP contribution in [0, 0.1) is 0 Å². The summed E-state index contributed by atoms with van der Waals surface area (Å²) in [7, 11) is 2.08. The molecule has 26 heavy (non-hydrogen) atoms. The first-order valence-corrected chi connectivity index (χ1v) is 9.72. The molecule has 0 bridgehead atoms. The predicted molar refractivity (Wildman–Crippen MR) is 97.9 cm³/mol. The number of urea groups is 1. The standard InChI is InChI=1S/C20H27N3O3/c1-21(18-11-10-15-7-2-3-9-17(15)26-18)12-4-5-13-23-19(24)16-8-6-14-22(16)20(23)25/h2-3,7,9,16,18H,4-6,8,10-14H2,1H3. The van der Waals surface area contributed by atoms with Crippen molar-refractivity contribution < 1.29 is 14.3 Å². The van der Waals surface area contributed by atoms with Crippen LogP contribution in [0.1, 0.15) is 37.7 Å². The summed E-state index contributed by atoms with van der Waals surface area (Å²) in [4.78, 5) is 30.0. The van der Waals surface area contributed by atoms with E-state index in [0.717, 1.165) is 57.4 Å². The van der Waals surface area contributed by atoms with Crippen molar-refractivity contribution in [2.24, 2.45) is 0 Å². The van der Waals surface area contributed by atoms with Crippen LogP contribution in [-0.2, 0) is 11.2 Å². The normalized spacial score (nSPS) is 24.8. The molecule has 2 fully saturated rings. The first-order valence-electron chi connectivity index (χ1n) is 9.72. The lowest BCUT2D eigenvalue weighted by molar-refractivity contribution is -0.128. The molecule has 2 unspecified atom stereocenters. The van der Waals surface area contributed by atoms with E-state index in [9.17, 15) is 9.59 Å². The first kappa shape index (κ1) is 17.3. The lowest BCUT2D eigenvalue weighted by Gasteiger charge is -2.33. The second-order valence-corrected chi connectivity index (χ2v) is 7.53. The highest BCUT2D eigenvalue weighted by Gasteiger charge is 2.46. The van der Waals surface area contributed by atoms with Crippen molar-refractivity contribution in [3.8, 4) is 5.75 Å². The van der Waals surface area contributed by atoms with Gasteiger partial charge in [0, 0.05) is 26.1 Å². The van der Waals surface area contributed by atoms with Gasteiger partial charge in [-0.15, -0.1) is 0 Å². The number of amides is 3. The Labute approximate surface area is 154 Å². The minimum atomic E-state index is -0.180. The number of aryl methyl sites for hydroxylation is 1. The minimum Gasteiger partial charge on any atom is -0.475 e. The van der Waals surface area contributed by atoms with E-state index in [1.807, 2.05) is 12.1 Å². The molecule has 0 aliphatic carbocycles. The first-order chi connectivity index (χ1) is 12.6. The van der Waals surface area contributed by atoms with Gasteiger partial charge in [-0.1, -0.05) is 18.2 Å². The Hall–Kier alpha value is -2.08. The summed E-state index contributed by atoms with van der Waals surface area (Å²) in [6.07, 6.45) is 5.69. The molecule has 140 valence electrons. The zero-order valence-electron chi connectivity index (χ0n) is 15.4. The number of imide groups is 1. The molecule has 3 aliphatic heterocycles. The van der Waals surface area contributed by atoms with Gasteiger partial charge in [-0.25, -0.2) is 4.79 Å². The number of unbranched alkanes of at least 4 members (excludes halogenated alkanes) is 1. The van der Waals surface area contributed by atoms with Gasteiger partial charge in [-0.2, -0.15) is 0 Å². The van der Waals surface area contributed by atoms with Crippen molar-refractivity contribution in [2.75, 3.05) is 26.7 Å². The molecule has 1 aromatic rings. The van der Waals surface area contributed by atoms with Crippen molar-refractivity contribution in [3.05, 3.63) is 29.8 Å². The Morgan fingerprint density at radius 2 is 2.04 bits per heavy atom. The molecule has 3 heterocycles. The Kier molecular flexibility index (Phi) is 4.85. The molecule has 0 aromatic heterocycles. The van der Waals surface area contributed by atoms with Gasteiger partial charge in [-0.05, 0) is 50.8 Å². The van der Waals surface area contributed by atoms with E-state index in [4.69, 9.17) is 4.74 Å². The summed E-state index contributed by atoms with van der Waals surface area (Å²) in [5.41, 5.74) is 1.28. The van der Waals surface area contributed by atoms with Gasteiger partial charge in [0.2, 0.25) is 0 Å².